The summed E-state index contributed by atoms with van der Waals surface area (Å²) in [5.74, 6) is 0.983. The molecule has 0 bridgehead atoms. The Kier molecular flexibility index (Phi) is 3.12. The molecule has 0 radical (unpaired) electrons. The number of aromatic nitrogens is 2. The van der Waals surface area contributed by atoms with Gasteiger partial charge >= 0.3 is 0 Å². The number of hydrogen-bond acceptors (Lipinski definition) is 2. The molecule has 0 aliphatic heterocycles. The average molecular weight is 300 g/mol. The molecule has 4 rings (SSSR count). The highest BCUT2D eigenvalue weighted by atomic mass is 16.3. The Hall–Kier alpha value is -3.07. The van der Waals surface area contributed by atoms with Crippen molar-refractivity contribution >= 4 is 11.0 Å². The molecule has 0 aliphatic carbocycles. The summed E-state index contributed by atoms with van der Waals surface area (Å²) in [5.41, 5.74) is 4.90. The van der Waals surface area contributed by atoms with E-state index in [-0.39, 0.29) is 5.75 Å². The van der Waals surface area contributed by atoms with Crippen LogP contribution in [0.15, 0.2) is 72.8 Å². The quantitative estimate of drug-likeness (QED) is 0.582. The number of imidazole rings is 1. The third-order valence-corrected chi connectivity index (χ3v) is 4.06. The molecule has 3 heteroatoms. The molecule has 0 amide bonds. The normalized spacial score (nSPS) is 11.0. The second kappa shape index (κ2) is 5.29. The fourth-order valence-electron chi connectivity index (χ4n) is 2.93. The molecule has 0 aliphatic rings. The number of nitrogens with zero attached hydrogens (tertiary/aromatic N) is 2. The Bertz CT molecular complexity index is 1000. The number of aromatic hydroxyl groups is 1. The van der Waals surface area contributed by atoms with E-state index in [1.54, 1.807) is 6.07 Å². The van der Waals surface area contributed by atoms with Gasteiger partial charge in [-0.15, -0.1) is 0 Å². The molecule has 0 spiro atoms. The van der Waals surface area contributed by atoms with Crippen LogP contribution in [0.3, 0.4) is 0 Å². The van der Waals surface area contributed by atoms with E-state index < -0.39 is 0 Å². The third kappa shape index (κ3) is 2.18. The van der Waals surface area contributed by atoms with Crippen LogP contribution in [0.2, 0.25) is 0 Å². The van der Waals surface area contributed by atoms with Gasteiger partial charge < -0.3 is 5.11 Å². The van der Waals surface area contributed by atoms with Crippen LogP contribution in [0, 0.1) is 6.92 Å². The molecule has 0 fully saturated rings. The maximum absolute atomic E-state index is 10.3. The lowest BCUT2D eigenvalue weighted by molar-refractivity contribution is 0.477. The zero-order valence-electron chi connectivity index (χ0n) is 12.8. The number of fused-ring (bicyclic) bond motifs is 1. The Labute approximate surface area is 134 Å². The van der Waals surface area contributed by atoms with Crippen molar-refractivity contribution in [3.8, 4) is 22.8 Å². The van der Waals surface area contributed by atoms with Crippen LogP contribution >= 0.6 is 0 Å². The topological polar surface area (TPSA) is 38.0 Å². The van der Waals surface area contributed by atoms with Crippen molar-refractivity contribution in [1.82, 2.24) is 9.55 Å². The van der Waals surface area contributed by atoms with E-state index in [1.807, 2.05) is 48.5 Å². The molecule has 1 aromatic heterocycles. The van der Waals surface area contributed by atoms with Crippen molar-refractivity contribution in [2.75, 3.05) is 0 Å². The van der Waals surface area contributed by atoms with Gasteiger partial charge in [0.25, 0.3) is 0 Å². The van der Waals surface area contributed by atoms with Gasteiger partial charge in [-0.2, -0.15) is 0 Å². The summed E-state index contributed by atoms with van der Waals surface area (Å²) in [4.78, 5) is 4.76. The second-order valence-electron chi connectivity index (χ2n) is 5.56. The molecule has 1 N–H and O–H groups in total. The molecule has 0 saturated carbocycles. The van der Waals surface area contributed by atoms with E-state index >= 15 is 0 Å². The number of hydrogen-bond donors (Lipinski definition) is 1. The van der Waals surface area contributed by atoms with Gasteiger partial charge in [0, 0.05) is 0 Å². The lowest BCUT2D eigenvalue weighted by Crippen LogP contribution is -1.99. The molecule has 0 atom stereocenters. The van der Waals surface area contributed by atoms with Crippen LogP contribution in [-0.2, 0) is 0 Å². The third-order valence-electron chi connectivity index (χ3n) is 4.06. The maximum Gasteiger partial charge on any atom is 0.149 e. The summed E-state index contributed by atoms with van der Waals surface area (Å²) in [5, 5.41) is 10.3. The summed E-state index contributed by atoms with van der Waals surface area (Å²) in [7, 11) is 0. The van der Waals surface area contributed by atoms with Crippen LogP contribution in [0.25, 0.3) is 28.1 Å². The number of aryl methyl sites for hydroxylation is 1. The second-order valence-corrected chi connectivity index (χ2v) is 5.56. The smallest absolute Gasteiger partial charge is 0.149 e. The summed E-state index contributed by atoms with van der Waals surface area (Å²) in [6, 6.07) is 23.6. The highest BCUT2D eigenvalue weighted by Gasteiger charge is 2.17. The van der Waals surface area contributed by atoms with Gasteiger partial charge in [-0.3, -0.25) is 4.57 Å². The van der Waals surface area contributed by atoms with Crippen molar-refractivity contribution in [2.24, 2.45) is 0 Å². The zero-order valence-corrected chi connectivity index (χ0v) is 12.8. The van der Waals surface area contributed by atoms with Gasteiger partial charge in [-0.1, -0.05) is 42.5 Å². The Morgan fingerprint density at radius 1 is 0.826 bits per heavy atom. The van der Waals surface area contributed by atoms with Gasteiger partial charge in [0.05, 0.1) is 22.3 Å². The summed E-state index contributed by atoms with van der Waals surface area (Å²) in [6.45, 7) is 2.08. The van der Waals surface area contributed by atoms with E-state index in [1.165, 1.54) is 0 Å². The number of phenols is 1. The molecule has 3 nitrogen and oxygen atoms in total. The lowest BCUT2D eigenvalue weighted by Gasteiger charge is -2.12. The number of rotatable bonds is 2. The van der Waals surface area contributed by atoms with Crippen LogP contribution in [0.5, 0.6) is 5.75 Å². The van der Waals surface area contributed by atoms with E-state index in [0.29, 0.717) is 0 Å². The van der Waals surface area contributed by atoms with E-state index in [4.69, 9.17) is 4.98 Å². The van der Waals surface area contributed by atoms with Crippen LogP contribution in [0.1, 0.15) is 5.56 Å². The van der Waals surface area contributed by atoms with Crippen molar-refractivity contribution in [3.05, 3.63) is 78.4 Å². The van der Waals surface area contributed by atoms with Gasteiger partial charge in [0.2, 0.25) is 0 Å². The molecular formula is C20H16N2O. The minimum Gasteiger partial charge on any atom is -0.507 e. The first-order valence-corrected chi connectivity index (χ1v) is 7.57. The SMILES string of the molecule is Cc1ccccc1-n1c(-c2ccccc2O)nc2ccccc21. The van der Waals surface area contributed by atoms with Crippen molar-refractivity contribution in [3.63, 3.8) is 0 Å². The summed E-state index contributed by atoms with van der Waals surface area (Å²) < 4.78 is 2.11. The summed E-state index contributed by atoms with van der Waals surface area (Å²) >= 11 is 0. The van der Waals surface area contributed by atoms with Crippen LogP contribution < -0.4 is 0 Å². The zero-order chi connectivity index (χ0) is 15.8. The molecule has 0 saturated heterocycles. The maximum atomic E-state index is 10.3. The Balaban J connectivity index is 2.12. The Morgan fingerprint density at radius 2 is 1.52 bits per heavy atom. The first kappa shape index (κ1) is 13.6. The van der Waals surface area contributed by atoms with E-state index in [0.717, 1.165) is 33.7 Å². The van der Waals surface area contributed by atoms with Gasteiger partial charge in [0.1, 0.15) is 11.6 Å². The first-order chi connectivity index (χ1) is 11.3. The first-order valence-electron chi connectivity index (χ1n) is 7.57. The lowest BCUT2D eigenvalue weighted by atomic mass is 10.1. The van der Waals surface area contributed by atoms with Crippen molar-refractivity contribution in [1.29, 1.82) is 0 Å². The van der Waals surface area contributed by atoms with Gasteiger partial charge in [-0.05, 0) is 42.8 Å². The minimum absolute atomic E-state index is 0.234. The van der Waals surface area contributed by atoms with Crippen LogP contribution in [0.4, 0.5) is 0 Å². The predicted octanol–water partition coefficient (Wildman–Crippen LogP) is 4.71. The molecule has 23 heavy (non-hydrogen) atoms. The molecule has 4 aromatic rings. The Morgan fingerprint density at radius 3 is 2.35 bits per heavy atom. The van der Waals surface area contributed by atoms with Gasteiger partial charge in [0.15, 0.2) is 0 Å². The number of benzene rings is 3. The fraction of sp³-hybridized carbons (Fsp3) is 0.0500. The standard InChI is InChI=1S/C20H16N2O/c1-14-8-2-5-11-17(14)22-18-12-6-4-10-16(18)21-20(22)15-9-3-7-13-19(15)23/h2-13,23H,1H3. The van der Waals surface area contributed by atoms with E-state index in [2.05, 4.69) is 29.7 Å². The van der Waals surface area contributed by atoms with E-state index in [9.17, 15) is 5.11 Å². The van der Waals surface area contributed by atoms with Gasteiger partial charge in [-0.25, -0.2) is 4.98 Å². The monoisotopic (exact) mass is 300 g/mol. The highest BCUT2D eigenvalue weighted by Crippen LogP contribution is 2.34. The summed E-state index contributed by atoms with van der Waals surface area (Å²) in [6.07, 6.45) is 0. The predicted molar refractivity (Wildman–Crippen MR) is 92.9 cm³/mol. The molecule has 0 unspecified atom stereocenters. The number of para-hydroxylation sites is 4. The van der Waals surface area contributed by atoms with Crippen molar-refractivity contribution in [2.45, 2.75) is 6.92 Å². The number of phenolic OH excluding ortho intramolecular Hbond substituents is 1. The largest absolute Gasteiger partial charge is 0.507 e. The van der Waals surface area contributed by atoms with Crippen LogP contribution in [-0.4, -0.2) is 14.7 Å². The molecular weight excluding hydrogens is 284 g/mol. The molecule has 3 aromatic carbocycles. The minimum atomic E-state index is 0.234. The average Bonchev–Trinajstić information content (AvgIpc) is 2.95. The molecule has 1 heterocycles. The van der Waals surface area contributed by atoms with Crippen molar-refractivity contribution < 1.29 is 5.11 Å². The highest BCUT2D eigenvalue weighted by molar-refractivity contribution is 5.84. The molecule has 112 valence electrons. The fourth-order valence-corrected chi connectivity index (χ4v) is 2.93.